The van der Waals surface area contributed by atoms with Gasteiger partial charge in [0, 0.05) is 11.8 Å². The summed E-state index contributed by atoms with van der Waals surface area (Å²) < 4.78 is 5.83. The summed E-state index contributed by atoms with van der Waals surface area (Å²) in [6.07, 6.45) is 1.95. The molecular formula is C17H16O. The minimum absolute atomic E-state index is 0.860. The van der Waals surface area contributed by atoms with E-state index in [2.05, 4.69) is 43.3 Å². The second-order valence-corrected chi connectivity index (χ2v) is 4.60. The zero-order valence-electron chi connectivity index (χ0n) is 10.5. The normalized spacial score (nSPS) is 10.9. The number of furan rings is 1. The van der Waals surface area contributed by atoms with Gasteiger partial charge in [0.25, 0.3) is 0 Å². The van der Waals surface area contributed by atoms with Crippen LogP contribution in [0.25, 0.3) is 11.0 Å². The van der Waals surface area contributed by atoms with E-state index < -0.39 is 0 Å². The van der Waals surface area contributed by atoms with Crippen molar-refractivity contribution in [2.24, 2.45) is 0 Å². The van der Waals surface area contributed by atoms with Crippen molar-refractivity contribution in [1.29, 1.82) is 0 Å². The highest BCUT2D eigenvalue weighted by molar-refractivity contribution is 5.77. The first-order chi connectivity index (χ1) is 8.85. The zero-order chi connectivity index (χ0) is 12.4. The number of aryl methyl sites for hydroxylation is 1. The third-order valence-corrected chi connectivity index (χ3v) is 3.29. The maximum atomic E-state index is 5.83. The Morgan fingerprint density at radius 3 is 2.33 bits per heavy atom. The fourth-order valence-corrected chi connectivity index (χ4v) is 2.22. The van der Waals surface area contributed by atoms with Gasteiger partial charge in [-0.2, -0.15) is 0 Å². The lowest BCUT2D eigenvalue weighted by Gasteiger charge is -2.00. The summed E-state index contributed by atoms with van der Waals surface area (Å²) >= 11 is 0. The molecule has 0 amide bonds. The van der Waals surface area contributed by atoms with Gasteiger partial charge in [0.15, 0.2) is 0 Å². The van der Waals surface area contributed by atoms with Gasteiger partial charge in [-0.1, -0.05) is 49.4 Å². The molecule has 1 heteroatoms. The van der Waals surface area contributed by atoms with Crippen molar-refractivity contribution in [2.75, 3.05) is 0 Å². The number of hydrogen-bond acceptors (Lipinski definition) is 1. The largest absolute Gasteiger partial charge is 0.461 e. The summed E-state index contributed by atoms with van der Waals surface area (Å²) in [5, 5.41) is 1.18. The van der Waals surface area contributed by atoms with Crippen molar-refractivity contribution in [1.82, 2.24) is 0 Å². The highest BCUT2D eigenvalue weighted by Gasteiger charge is 2.04. The van der Waals surface area contributed by atoms with Crippen LogP contribution in [0, 0.1) is 0 Å². The topological polar surface area (TPSA) is 13.1 Å². The Bertz CT molecular complexity index is 614. The van der Waals surface area contributed by atoms with Crippen molar-refractivity contribution in [2.45, 2.75) is 19.8 Å². The SMILES string of the molecule is CCc1ccc(Cc2cc3ccccc3o2)cc1. The molecule has 0 fully saturated rings. The molecule has 2 aromatic carbocycles. The molecule has 0 atom stereocenters. The van der Waals surface area contributed by atoms with Gasteiger partial charge in [-0.05, 0) is 29.7 Å². The van der Waals surface area contributed by atoms with E-state index in [4.69, 9.17) is 4.42 Å². The summed E-state index contributed by atoms with van der Waals surface area (Å²) in [6.45, 7) is 2.17. The fraction of sp³-hybridized carbons (Fsp3) is 0.176. The third kappa shape index (κ3) is 2.17. The predicted octanol–water partition coefficient (Wildman–Crippen LogP) is 4.59. The van der Waals surface area contributed by atoms with E-state index >= 15 is 0 Å². The van der Waals surface area contributed by atoms with Crippen LogP contribution in [0.1, 0.15) is 23.8 Å². The highest BCUT2D eigenvalue weighted by atomic mass is 16.3. The maximum absolute atomic E-state index is 5.83. The molecule has 0 bridgehead atoms. The number of rotatable bonds is 3. The van der Waals surface area contributed by atoms with E-state index in [1.54, 1.807) is 0 Å². The van der Waals surface area contributed by atoms with Gasteiger partial charge in [0.1, 0.15) is 11.3 Å². The monoisotopic (exact) mass is 236 g/mol. The molecule has 0 unspecified atom stereocenters. The maximum Gasteiger partial charge on any atom is 0.134 e. The van der Waals surface area contributed by atoms with Crippen LogP contribution >= 0.6 is 0 Å². The number of para-hydroxylation sites is 1. The Labute approximate surface area is 107 Å². The van der Waals surface area contributed by atoms with Crippen LogP contribution in [0.15, 0.2) is 59.0 Å². The molecule has 1 nitrogen and oxygen atoms in total. The molecule has 0 saturated heterocycles. The second-order valence-electron chi connectivity index (χ2n) is 4.60. The Kier molecular flexibility index (Phi) is 2.89. The number of hydrogen-bond donors (Lipinski definition) is 0. The number of benzene rings is 2. The molecular weight excluding hydrogens is 220 g/mol. The molecule has 0 radical (unpaired) electrons. The van der Waals surface area contributed by atoms with Crippen LogP contribution in [-0.4, -0.2) is 0 Å². The Balaban J connectivity index is 1.86. The molecule has 1 heterocycles. The zero-order valence-corrected chi connectivity index (χ0v) is 10.5. The Morgan fingerprint density at radius 2 is 1.61 bits per heavy atom. The molecule has 3 rings (SSSR count). The lowest BCUT2D eigenvalue weighted by Crippen LogP contribution is -1.86. The minimum Gasteiger partial charge on any atom is -0.461 e. The van der Waals surface area contributed by atoms with Crippen LogP contribution in [0.3, 0.4) is 0 Å². The molecule has 18 heavy (non-hydrogen) atoms. The van der Waals surface area contributed by atoms with Gasteiger partial charge < -0.3 is 4.42 Å². The van der Waals surface area contributed by atoms with Crippen molar-refractivity contribution in [3.05, 3.63) is 71.5 Å². The molecule has 0 N–H and O–H groups in total. The second kappa shape index (κ2) is 4.69. The van der Waals surface area contributed by atoms with Crippen LogP contribution < -0.4 is 0 Å². The van der Waals surface area contributed by atoms with E-state index in [9.17, 15) is 0 Å². The van der Waals surface area contributed by atoms with Gasteiger partial charge in [-0.3, -0.25) is 0 Å². The van der Waals surface area contributed by atoms with Crippen molar-refractivity contribution in [3.63, 3.8) is 0 Å². The van der Waals surface area contributed by atoms with E-state index in [0.717, 1.165) is 24.2 Å². The van der Waals surface area contributed by atoms with Gasteiger partial charge in [0.05, 0.1) is 0 Å². The molecule has 3 aromatic rings. The van der Waals surface area contributed by atoms with Crippen LogP contribution in [0.4, 0.5) is 0 Å². The van der Waals surface area contributed by atoms with E-state index in [-0.39, 0.29) is 0 Å². The first kappa shape index (κ1) is 11.1. The third-order valence-electron chi connectivity index (χ3n) is 3.29. The van der Waals surface area contributed by atoms with Crippen molar-refractivity contribution < 1.29 is 4.42 Å². The molecule has 1 aromatic heterocycles. The summed E-state index contributed by atoms with van der Waals surface area (Å²) in [7, 11) is 0. The lowest BCUT2D eigenvalue weighted by molar-refractivity contribution is 0.563. The minimum atomic E-state index is 0.860. The molecule has 0 aliphatic rings. The Hall–Kier alpha value is -2.02. The standard InChI is InChI=1S/C17H16O/c1-2-13-7-9-14(10-8-13)11-16-12-15-5-3-4-6-17(15)18-16/h3-10,12H,2,11H2,1H3. The van der Waals surface area contributed by atoms with E-state index in [1.807, 2.05) is 18.2 Å². The average Bonchev–Trinajstić information content (AvgIpc) is 2.82. The van der Waals surface area contributed by atoms with Gasteiger partial charge in [0.2, 0.25) is 0 Å². The van der Waals surface area contributed by atoms with Gasteiger partial charge in [-0.25, -0.2) is 0 Å². The molecule has 0 spiro atoms. The summed E-state index contributed by atoms with van der Waals surface area (Å²) in [5.41, 5.74) is 3.65. The molecule has 90 valence electrons. The van der Waals surface area contributed by atoms with E-state index in [0.29, 0.717) is 0 Å². The molecule has 0 aliphatic carbocycles. The van der Waals surface area contributed by atoms with Gasteiger partial charge >= 0.3 is 0 Å². The average molecular weight is 236 g/mol. The van der Waals surface area contributed by atoms with E-state index in [1.165, 1.54) is 16.5 Å². The molecule has 0 saturated carbocycles. The smallest absolute Gasteiger partial charge is 0.134 e. The lowest BCUT2D eigenvalue weighted by atomic mass is 10.1. The molecule has 0 aliphatic heterocycles. The van der Waals surface area contributed by atoms with Crippen molar-refractivity contribution in [3.8, 4) is 0 Å². The van der Waals surface area contributed by atoms with Crippen molar-refractivity contribution >= 4 is 11.0 Å². The van der Waals surface area contributed by atoms with Crippen LogP contribution in [0.2, 0.25) is 0 Å². The van der Waals surface area contributed by atoms with Gasteiger partial charge in [-0.15, -0.1) is 0 Å². The van der Waals surface area contributed by atoms with Crippen LogP contribution in [0.5, 0.6) is 0 Å². The highest BCUT2D eigenvalue weighted by Crippen LogP contribution is 2.21. The van der Waals surface area contributed by atoms with Crippen LogP contribution in [-0.2, 0) is 12.8 Å². The predicted molar refractivity (Wildman–Crippen MR) is 74.8 cm³/mol. The Morgan fingerprint density at radius 1 is 0.889 bits per heavy atom. The summed E-state index contributed by atoms with van der Waals surface area (Å²) in [4.78, 5) is 0. The first-order valence-electron chi connectivity index (χ1n) is 6.40. The first-order valence-corrected chi connectivity index (χ1v) is 6.40. The summed E-state index contributed by atoms with van der Waals surface area (Å²) in [6, 6.07) is 19.0. The summed E-state index contributed by atoms with van der Waals surface area (Å²) in [5.74, 6) is 1.03. The fourth-order valence-electron chi connectivity index (χ4n) is 2.22. The quantitative estimate of drug-likeness (QED) is 0.648. The number of fused-ring (bicyclic) bond motifs is 1.